The number of likely N-dealkylation sites (tertiary alicyclic amines) is 1. The molecule has 6 N–H and O–H groups in total. The number of nitrogens with two attached hydrogens (primary N) is 1. The number of fused-ring (bicyclic) bond motifs is 1. The van der Waals surface area contributed by atoms with E-state index in [9.17, 15) is 33.9 Å². The summed E-state index contributed by atoms with van der Waals surface area (Å²) in [5.41, 5.74) is 5.23. The molecule has 4 heterocycles. The number of thioether (sulfide) groups is 1. The number of amides is 3. The maximum Gasteiger partial charge on any atom is 0.352 e. The van der Waals surface area contributed by atoms with E-state index in [0.29, 0.717) is 0 Å². The molecule has 0 spiro atoms. The van der Waals surface area contributed by atoms with Gasteiger partial charge in [-0.15, -0.1) is 23.1 Å². The second kappa shape index (κ2) is 11.1. The van der Waals surface area contributed by atoms with Gasteiger partial charge in [-0.3, -0.25) is 24.1 Å². The van der Waals surface area contributed by atoms with Gasteiger partial charge in [0.25, 0.3) is 11.8 Å². The second-order valence-corrected chi connectivity index (χ2v) is 10.3. The minimum atomic E-state index is -1.42. The summed E-state index contributed by atoms with van der Waals surface area (Å²) >= 11 is 2.14. The number of thiazole rings is 1. The predicted molar refractivity (Wildman–Crippen MR) is 133 cm³/mol. The maximum absolute atomic E-state index is 13.0. The molecular weight excluding hydrogens is 560 g/mol. The molecule has 3 aliphatic rings. The molecule has 0 radical (unpaired) electrons. The van der Waals surface area contributed by atoms with E-state index in [1.165, 1.54) is 11.5 Å². The highest BCUT2D eigenvalue weighted by atomic mass is 32.2. The van der Waals surface area contributed by atoms with Gasteiger partial charge in [0.1, 0.15) is 29.4 Å². The molecule has 4 rings (SSSR count). The van der Waals surface area contributed by atoms with Crippen molar-refractivity contribution in [2.75, 3.05) is 31.2 Å². The van der Waals surface area contributed by atoms with Crippen molar-refractivity contribution in [3.63, 3.8) is 0 Å². The number of nitrogen functional groups attached to an aromatic ring is 1. The summed E-state index contributed by atoms with van der Waals surface area (Å²) in [5, 5.41) is 34.2. The molecule has 18 heteroatoms. The summed E-state index contributed by atoms with van der Waals surface area (Å²) in [6.07, 6.45) is 1.59. The normalized spacial score (nSPS) is 22.1. The van der Waals surface area contributed by atoms with Gasteiger partial charge in [-0.1, -0.05) is 5.16 Å². The zero-order valence-corrected chi connectivity index (χ0v) is 21.4. The van der Waals surface area contributed by atoms with Gasteiger partial charge >= 0.3 is 17.9 Å². The zero-order valence-electron chi connectivity index (χ0n) is 19.7. The summed E-state index contributed by atoms with van der Waals surface area (Å²) in [5.74, 6) is -6.03. The Morgan fingerprint density at radius 3 is 2.59 bits per heavy atom. The van der Waals surface area contributed by atoms with Crippen molar-refractivity contribution >= 4 is 69.6 Å². The molecule has 1 aromatic heterocycles. The molecule has 0 aliphatic carbocycles. The predicted octanol–water partition coefficient (Wildman–Crippen LogP) is -1.49. The average molecular weight is 581 g/mol. The highest BCUT2D eigenvalue weighted by Crippen LogP contribution is 2.41. The lowest BCUT2D eigenvalue weighted by atomic mass is 10.0. The Labute approximate surface area is 226 Å². The molecule has 3 amide bonds. The number of carbonyl (C=O) groups excluding carboxylic acids is 3. The molecule has 206 valence electrons. The summed E-state index contributed by atoms with van der Waals surface area (Å²) in [6.45, 7) is -1.15. The SMILES string of the molecule is Nc1nc(C(=NOCC(=O)O)C(=O)N[C@@H]2C(=O)N3C(C(=O)O)=C(C=C4CCN(CC(=O)O)C4=O)CS[C@H]23)cs1. The van der Waals surface area contributed by atoms with Crippen LogP contribution in [0.25, 0.3) is 0 Å². The van der Waals surface area contributed by atoms with Crippen LogP contribution >= 0.6 is 23.1 Å². The Bertz CT molecular complexity index is 1370. The van der Waals surface area contributed by atoms with Crippen LogP contribution in [0, 0.1) is 0 Å². The van der Waals surface area contributed by atoms with Gasteiger partial charge < -0.3 is 36.1 Å². The molecule has 2 atom stereocenters. The number of carbonyl (C=O) groups is 6. The molecule has 3 aliphatic heterocycles. The standard InChI is InChI=1S/C21H20N6O10S2/c22-21-23-10(7-39-21)13(25-37-5-12(30)31)16(32)24-14-18(34)27-15(20(35)36)9(6-38-19(14)27)3-8-1-2-26(17(8)33)4-11(28)29/h3,7,14,19H,1-2,4-6H2,(H2,22,23)(H,24,32)(H,28,29)(H,30,31)(H,35,36)/t14-,19-/m1/s1. The number of allylic oxidation sites excluding steroid dienone is 1. The van der Waals surface area contributed by atoms with Crippen LogP contribution in [0.2, 0.25) is 0 Å². The Kier molecular flexibility index (Phi) is 7.86. The number of hydrogen-bond donors (Lipinski definition) is 5. The highest BCUT2D eigenvalue weighted by molar-refractivity contribution is 8.00. The van der Waals surface area contributed by atoms with E-state index in [0.717, 1.165) is 32.9 Å². The van der Waals surface area contributed by atoms with E-state index in [1.54, 1.807) is 0 Å². The lowest BCUT2D eigenvalue weighted by molar-refractivity contribution is -0.150. The first-order valence-electron chi connectivity index (χ1n) is 11.0. The fraction of sp³-hybridized carbons (Fsp3) is 0.333. The van der Waals surface area contributed by atoms with Gasteiger partial charge in [-0.2, -0.15) is 0 Å². The fourth-order valence-electron chi connectivity index (χ4n) is 4.04. The number of rotatable bonds is 10. The van der Waals surface area contributed by atoms with Crippen molar-refractivity contribution in [2.45, 2.75) is 17.8 Å². The Morgan fingerprint density at radius 1 is 1.23 bits per heavy atom. The lowest BCUT2D eigenvalue weighted by Gasteiger charge is -2.49. The van der Waals surface area contributed by atoms with Crippen molar-refractivity contribution in [3.05, 3.63) is 34.0 Å². The van der Waals surface area contributed by atoms with Crippen LogP contribution in [-0.4, -0.2) is 108 Å². The largest absolute Gasteiger partial charge is 0.480 e. The van der Waals surface area contributed by atoms with E-state index in [4.69, 9.17) is 15.9 Å². The topological polar surface area (TPSA) is 242 Å². The van der Waals surface area contributed by atoms with Crippen LogP contribution in [0.5, 0.6) is 0 Å². The van der Waals surface area contributed by atoms with Gasteiger partial charge in [-0.25, -0.2) is 14.6 Å². The van der Waals surface area contributed by atoms with E-state index in [1.807, 2.05) is 0 Å². The highest BCUT2D eigenvalue weighted by Gasteiger charge is 2.54. The van der Waals surface area contributed by atoms with Crippen molar-refractivity contribution in [1.82, 2.24) is 20.1 Å². The van der Waals surface area contributed by atoms with Crippen LogP contribution < -0.4 is 11.1 Å². The summed E-state index contributed by atoms with van der Waals surface area (Å²) in [7, 11) is 0. The van der Waals surface area contributed by atoms with E-state index in [2.05, 4.69) is 20.3 Å². The number of aliphatic carboxylic acids is 3. The summed E-state index contributed by atoms with van der Waals surface area (Å²) < 4.78 is 0. The lowest BCUT2D eigenvalue weighted by Crippen LogP contribution is -2.71. The summed E-state index contributed by atoms with van der Waals surface area (Å²) in [4.78, 5) is 83.0. The third kappa shape index (κ3) is 5.70. The van der Waals surface area contributed by atoms with Gasteiger partial charge in [0.15, 0.2) is 10.8 Å². The van der Waals surface area contributed by atoms with Gasteiger partial charge in [0, 0.05) is 23.3 Å². The van der Waals surface area contributed by atoms with Crippen molar-refractivity contribution < 1.29 is 48.9 Å². The summed E-state index contributed by atoms with van der Waals surface area (Å²) in [6, 6.07) is -1.15. The third-order valence-corrected chi connectivity index (χ3v) is 7.67. The van der Waals surface area contributed by atoms with Crippen LogP contribution in [0.1, 0.15) is 12.1 Å². The van der Waals surface area contributed by atoms with Gasteiger partial charge in [-0.05, 0) is 18.1 Å². The molecule has 0 unspecified atom stereocenters. The molecule has 16 nitrogen and oxygen atoms in total. The Morgan fingerprint density at radius 2 is 1.97 bits per heavy atom. The van der Waals surface area contributed by atoms with Crippen molar-refractivity contribution in [3.8, 4) is 0 Å². The number of anilines is 1. The second-order valence-electron chi connectivity index (χ2n) is 8.26. The van der Waals surface area contributed by atoms with E-state index in [-0.39, 0.29) is 46.4 Å². The maximum atomic E-state index is 13.0. The molecule has 1 aromatic rings. The first-order valence-corrected chi connectivity index (χ1v) is 13.0. The average Bonchev–Trinajstić information content (AvgIpc) is 3.44. The Hall–Kier alpha value is -4.45. The number of hydrogen-bond acceptors (Lipinski definition) is 12. The Balaban J connectivity index is 1.53. The van der Waals surface area contributed by atoms with Crippen LogP contribution in [0.15, 0.2) is 33.5 Å². The van der Waals surface area contributed by atoms with Crippen LogP contribution in [0.4, 0.5) is 5.13 Å². The van der Waals surface area contributed by atoms with Gasteiger partial charge in [0.05, 0.1) is 0 Å². The number of nitrogens with zero attached hydrogens (tertiary/aromatic N) is 4. The number of β-lactam (4-membered cyclic amide) rings is 1. The monoisotopic (exact) mass is 580 g/mol. The third-order valence-electron chi connectivity index (χ3n) is 5.70. The molecule has 2 saturated heterocycles. The number of carboxylic acids is 3. The molecule has 2 fully saturated rings. The number of nitrogens with one attached hydrogen (secondary N) is 1. The van der Waals surface area contributed by atoms with Crippen molar-refractivity contribution in [2.24, 2.45) is 5.16 Å². The molecule has 0 saturated carbocycles. The molecule has 0 aromatic carbocycles. The minimum absolute atomic E-state index is 0.0153. The smallest absolute Gasteiger partial charge is 0.352 e. The fourth-order valence-corrected chi connectivity index (χ4v) is 5.90. The number of aromatic nitrogens is 1. The van der Waals surface area contributed by atoms with Crippen molar-refractivity contribution in [1.29, 1.82) is 0 Å². The zero-order chi connectivity index (χ0) is 28.4. The quantitative estimate of drug-likeness (QED) is 0.0918. The van der Waals surface area contributed by atoms with E-state index >= 15 is 0 Å². The van der Waals surface area contributed by atoms with Crippen LogP contribution in [-0.2, 0) is 33.6 Å². The van der Waals surface area contributed by atoms with E-state index < -0.39 is 65.9 Å². The van der Waals surface area contributed by atoms with Gasteiger partial charge in [0.2, 0.25) is 12.5 Å². The molecule has 39 heavy (non-hydrogen) atoms. The number of carboxylic acid groups (broad SMARTS) is 3. The molecule has 0 bridgehead atoms. The molecular formula is C21H20N6O10S2. The first-order chi connectivity index (χ1) is 18.5. The van der Waals surface area contributed by atoms with Crippen LogP contribution in [0.3, 0.4) is 0 Å². The first kappa shape index (κ1) is 27.6. The minimum Gasteiger partial charge on any atom is -0.480 e. The number of oxime groups is 1.